The minimum absolute atomic E-state index is 0.222. The average molecular weight is 340 g/mol. The quantitative estimate of drug-likeness (QED) is 0.825. The molecule has 23 heavy (non-hydrogen) atoms. The molecule has 0 N–H and O–H groups in total. The van der Waals surface area contributed by atoms with Gasteiger partial charge in [0.2, 0.25) is 6.79 Å². The lowest BCUT2D eigenvalue weighted by Crippen LogP contribution is -2.47. The van der Waals surface area contributed by atoms with E-state index >= 15 is 0 Å². The lowest BCUT2D eigenvalue weighted by Gasteiger charge is -2.34. The zero-order chi connectivity index (χ0) is 16.4. The predicted molar refractivity (Wildman–Crippen MR) is 87.5 cm³/mol. The van der Waals surface area contributed by atoms with Crippen LogP contribution in [0.4, 0.5) is 0 Å². The fraction of sp³-hybridized carbons (Fsp3) is 0.625. The van der Waals surface area contributed by atoms with Crippen molar-refractivity contribution in [1.82, 2.24) is 8.61 Å². The maximum absolute atomic E-state index is 12.9. The van der Waals surface area contributed by atoms with E-state index < -0.39 is 10.2 Å². The zero-order valence-corrected chi connectivity index (χ0v) is 14.5. The van der Waals surface area contributed by atoms with Crippen molar-refractivity contribution in [3.63, 3.8) is 0 Å². The highest BCUT2D eigenvalue weighted by atomic mass is 32.2. The smallest absolute Gasteiger partial charge is 0.282 e. The highest BCUT2D eigenvalue weighted by Crippen LogP contribution is 2.33. The SMILES string of the molecule is CCN(Cc1ccc2c(c1)OCO2)S(=O)(=O)N1CCC[C@@H](C)C1. The summed E-state index contributed by atoms with van der Waals surface area (Å²) in [5.41, 5.74) is 0.907. The van der Waals surface area contributed by atoms with E-state index in [4.69, 9.17) is 9.47 Å². The fourth-order valence-corrected chi connectivity index (χ4v) is 4.89. The molecule has 0 radical (unpaired) electrons. The Morgan fingerprint density at radius 2 is 2.09 bits per heavy atom. The second kappa shape index (κ2) is 6.67. The van der Waals surface area contributed by atoms with Crippen molar-refractivity contribution in [2.45, 2.75) is 33.2 Å². The molecule has 6 nitrogen and oxygen atoms in total. The van der Waals surface area contributed by atoms with Crippen molar-refractivity contribution in [3.05, 3.63) is 23.8 Å². The van der Waals surface area contributed by atoms with Gasteiger partial charge in [-0.25, -0.2) is 0 Å². The van der Waals surface area contributed by atoms with Crippen LogP contribution in [-0.2, 0) is 16.8 Å². The molecule has 0 aliphatic carbocycles. The fourth-order valence-electron chi connectivity index (χ4n) is 3.12. The highest BCUT2D eigenvalue weighted by molar-refractivity contribution is 7.86. The molecule has 0 amide bonds. The van der Waals surface area contributed by atoms with Crippen LogP contribution in [0.5, 0.6) is 11.5 Å². The molecular weight excluding hydrogens is 316 g/mol. The van der Waals surface area contributed by atoms with Crippen LogP contribution in [0.15, 0.2) is 18.2 Å². The molecule has 0 spiro atoms. The summed E-state index contributed by atoms with van der Waals surface area (Å²) in [6, 6.07) is 5.59. The van der Waals surface area contributed by atoms with E-state index in [0.29, 0.717) is 43.6 Å². The molecule has 1 saturated heterocycles. The van der Waals surface area contributed by atoms with E-state index in [2.05, 4.69) is 6.92 Å². The summed E-state index contributed by atoms with van der Waals surface area (Å²) >= 11 is 0. The largest absolute Gasteiger partial charge is 0.454 e. The van der Waals surface area contributed by atoms with Crippen LogP contribution < -0.4 is 9.47 Å². The summed E-state index contributed by atoms with van der Waals surface area (Å²) in [6.45, 7) is 6.22. The van der Waals surface area contributed by atoms with Gasteiger partial charge in [-0.15, -0.1) is 0 Å². The molecule has 7 heteroatoms. The van der Waals surface area contributed by atoms with Crippen molar-refractivity contribution in [1.29, 1.82) is 0 Å². The van der Waals surface area contributed by atoms with Crippen molar-refractivity contribution in [2.75, 3.05) is 26.4 Å². The van der Waals surface area contributed by atoms with Gasteiger partial charge in [0.05, 0.1) is 0 Å². The summed E-state index contributed by atoms with van der Waals surface area (Å²) in [4.78, 5) is 0. The Balaban J connectivity index is 1.76. The lowest BCUT2D eigenvalue weighted by molar-refractivity contribution is 0.174. The van der Waals surface area contributed by atoms with Gasteiger partial charge in [-0.1, -0.05) is 19.9 Å². The molecule has 2 heterocycles. The molecule has 3 rings (SSSR count). The summed E-state index contributed by atoms with van der Waals surface area (Å²) in [7, 11) is -3.42. The predicted octanol–water partition coefficient (Wildman–Crippen LogP) is 2.21. The first-order valence-electron chi connectivity index (χ1n) is 8.14. The van der Waals surface area contributed by atoms with Gasteiger partial charge in [-0.2, -0.15) is 17.0 Å². The number of fused-ring (bicyclic) bond motifs is 1. The number of benzene rings is 1. The number of ether oxygens (including phenoxy) is 2. The van der Waals surface area contributed by atoms with Crippen LogP contribution in [0.2, 0.25) is 0 Å². The first kappa shape index (κ1) is 16.5. The molecule has 0 bridgehead atoms. The van der Waals surface area contributed by atoms with E-state index in [1.165, 1.54) is 4.31 Å². The minimum Gasteiger partial charge on any atom is -0.454 e. The van der Waals surface area contributed by atoms with E-state index in [1.54, 1.807) is 4.31 Å². The molecule has 0 saturated carbocycles. The van der Waals surface area contributed by atoms with Gasteiger partial charge in [-0.3, -0.25) is 0 Å². The van der Waals surface area contributed by atoms with Crippen molar-refractivity contribution < 1.29 is 17.9 Å². The monoisotopic (exact) mass is 340 g/mol. The number of hydrogen-bond donors (Lipinski definition) is 0. The van der Waals surface area contributed by atoms with Crippen LogP contribution in [0, 0.1) is 5.92 Å². The number of rotatable bonds is 5. The Morgan fingerprint density at radius 1 is 1.30 bits per heavy atom. The molecular formula is C16H24N2O4S. The van der Waals surface area contributed by atoms with Crippen LogP contribution in [0.3, 0.4) is 0 Å². The maximum atomic E-state index is 12.9. The molecule has 1 atom stereocenters. The number of hydrogen-bond acceptors (Lipinski definition) is 4. The van der Waals surface area contributed by atoms with E-state index in [0.717, 1.165) is 18.4 Å². The topological polar surface area (TPSA) is 59.1 Å². The molecule has 2 aliphatic rings. The lowest BCUT2D eigenvalue weighted by atomic mass is 10.0. The van der Waals surface area contributed by atoms with E-state index in [9.17, 15) is 8.42 Å². The van der Waals surface area contributed by atoms with E-state index in [-0.39, 0.29) is 6.79 Å². The first-order chi connectivity index (χ1) is 11.0. The van der Waals surface area contributed by atoms with Crippen LogP contribution in [0.25, 0.3) is 0 Å². The molecule has 1 aromatic rings. The second-order valence-electron chi connectivity index (χ2n) is 6.23. The molecule has 0 unspecified atom stereocenters. The number of nitrogens with zero attached hydrogens (tertiary/aromatic N) is 2. The van der Waals surface area contributed by atoms with Gasteiger partial charge in [0.1, 0.15) is 0 Å². The van der Waals surface area contributed by atoms with Gasteiger partial charge in [-0.05, 0) is 36.5 Å². The maximum Gasteiger partial charge on any atom is 0.282 e. The summed E-state index contributed by atoms with van der Waals surface area (Å²) in [5.74, 6) is 1.81. The third kappa shape index (κ3) is 3.46. The third-order valence-electron chi connectivity index (χ3n) is 4.42. The zero-order valence-electron chi connectivity index (χ0n) is 13.7. The summed E-state index contributed by atoms with van der Waals surface area (Å²) < 4.78 is 39.6. The van der Waals surface area contributed by atoms with Crippen LogP contribution in [0.1, 0.15) is 32.3 Å². The van der Waals surface area contributed by atoms with Crippen molar-refractivity contribution in [3.8, 4) is 11.5 Å². The van der Waals surface area contributed by atoms with Crippen molar-refractivity contribution >= 4 is 10.2 Å². The highest BCUT2D eigenvalue weighted by Gasteiger charge is 2.32. The summed E-state index contributed by atoms with van der Waals surface area (Å²) in [5, 5.41) is 0. The van der Waals surface area contributed by atoms with Gasteiger partial charge < -0.3 is 9.47 Å². The Hall–Kier alpha value is -1.31. The molecule has 0 aromatic heterocycles. The third-order valence-corrected chi connectivity index (χ3v) is 6.45. The minimum atomic E-state index is -3.42. The average Bonchev–Trinajstić information content (AvgIpc) is 3.00. The van der Waals surface area contributed by atoms with Gasteiger partial charge in [0.25, 0.3) is 10.2 Å². The molecule has 1 fully saturated rings. The molecule has 1 aromatic carbocycles. The van der Waals surface area contributed by atoms with E-state index in [1.807, 2.05) is 25.1 Å². The van der Waals surface area contributed by atoms with Gasteiger partial charge >= 0.3 is 0 Å². The standard InChI is InChI=1S/C16H24N2O4S/c1-3-17(23(19,20)18-8-4-5-13(2)10-18)11-14-6-7-15-16(9-14)22-12-21-15/h6-7,9,13H,3-5,8,10-12H2,1-2H3/t13-/m1/s1. The Kier molecular flexibility index (Phi) is 4.79. The van der Waals surface area contributed by atoms with Gasteiger partial charge in [0, 0.05) is 26.2 Å². The summed E-state index contributed by atoms with van der Waals surface area (Å²) in [6.07, 6.45) is 2.03. The first-order valence-corrected chi connectivity index (χ1v) is 9.54. The molecule has 128 valence electrons. The Bertz CT molecular complexity index is 662. The van der Waals surface area contributed by atoms with Crippen molar-refractivity contribution in [2.24, 2.45) is 5.92 Å². The Morgan fingerprint density at radius 3 is 2.83 bits per heavy atom. The number of piperidine rings is 1. The second-order valence-corrected chi connectivity index (χ2v) is 8.16. The van der Waals surface area contributed by atoms with Crippen LogP contribution in [-0.4, -0.2) is 43.5 Å². The molecule has 2 aliphatic heterocycles. The normalized spacial score (nSPS) is 21.8. The Labute approximate surface area is 138 Å². The van der Waals surface area contributed by atoms with Gasteiger partial charge in [0.15, 0.2) is 11.5 Å². The van der Waals surface area contributed by atoms with Crippen LogP contribution >= 0.6 is 0 Å².